The molecule has 0 fully saturated rings. The maximum Gasteiger partial charge on any atom is 0.257 e. The third-order valence-electron chi connectivity index (χ3n) is 3.86. The van der Waals surface area contributed by atoms with Crippen molar-refractivity contribution in [2.24, 2.45) is 0 Å². The molecule has 2 N–H and O–H groups in total. The molecule has 0 spiro atoms. The molecule has 3 aromatic rings. The summed E-state index contributed by atoms with van der Waals surface area (Å²) in [7, 11) is 3.15. The van der Waals surface area contributed by atoms with Gasteiger partial charge in [0.25, 0.3) is 5.91 Å². The van der Waals surface area contributed by atoms with Gasteiger partial charge in [-0.15, -0.1) is 0 Å². The molecule has 5 nitrogen and oxygen atoms in total. The molecule has 0 unspecified atom stereocenters. The number of aryl methyl sites for hydroxylation is 1. The summed E-state index contributed by atoms with van der Waals surface area (Å²) < 4.78 is 11.6. The SMILES string of the molecule is COc1cc2[nH]cc(C(=O)Nc3ccc(C)c(Br)c3)c2cc1OC. The van der Waals surface area contributed by atoms with Gasteiger partial charge in [0.05, 0.1) is 25.3 Å². The summed E-state index contributed by atoms with van der Waals surface area (Å²) in [5, 5.41) is 3.68. The number of hydrogen-bond donors (Lipinski definition) is 2. The van der Waals surface area contributed by atoms with Gasteiger partial charge in [0.15, 0.2) is 11.5 Å². The van der Waals surface area contributed by atoms with Crippen LogP contribution >= 0.6 is 15.9 Å². The second kappa shape index (κ2) is 6.57. The van der Waals surface area contributed by atoms with Crippen LogP contribution in [0.4, 0.5) is 5.69 Å². The normalized spacial score (nSPS) is 10.7. The Morgan fingerprint density at radius 2 is 1.83 bits per heavy atom. The van der Waals surface area contributed by atoms with Gasteiger partial charge in [-0.25, -0.2) is 0 Å². The van der Waals surface area contributed by atoms with Crippen molar-refractivity contribution in [2.75, 3.05) is 19.5 Å². The number of benzene rings is 2. The minimum Gasteiger partial charge on any atom is -0.493 e. The third-order valence-corrected chi connectivity index (χ3v) is 4.71. The molecule has 1 aromatic heterocycles. The van der Waals surface area contributed by atoms with E-state index in [4.69, 9.17) is 9.47 Å². The average Bonchev–Trinajstić information content (AvgIpc) is 2.99. The van der Waals surface area contributed by atoms with E-state index in [0.29, 0.717) is 17.1 Å². The van der Waals surface area contributed by atoms with Crippen molar-refractivity contribution in [3.8, 4) is 11.5 Å². The molecular formula is C18H17BrN2O3. The van der Waals surface area contributed by atoms with Crippen molar-refractivity contribution < 1.29 is 14.3 Å². The Morgan fingerprint density at radius 3 is 2.50 bits per heavy atom. The van der Waals surface area contributed by atoms with Crippen molar-refractivity contribution in [2.45, 2.75) is 6.92 Å². The number of anilines is 1. The molecule has 1 heterocycles. The van der Waals surface area contributed by atoms with Gasteiger partial charge in [0.1, 0.15) is 0 Å². The number of aromatic nitrogens is 1. The first-order valence-electron chi connectivity index (χ1n) is 7.34. The van der Waals surface area contributed by atoms with Gasteiger partial charge < -0.3 is 19.8 Å². The quantitative estimate of drug-likeness (QED) is 0.690. The minimum atomic E-state index is -0.191. The van der Waals surface area contributed by atoms with Crippen molar-refractivity contribution in [1.29, 1.82) is 0 Å². The van der Waals surface area contributed by atoms with E-state index < -0.39 is 0 Å². The van der Waals surface area contributed by atoms with E-state index >= 15 is 0 Å². The number of rotatable bonds is 4. The number of aromatic amines is 1. The highest BCUT2D eigenvalue weighted by Crippen LogP contribution is 2.33. The monoisotopic (exact) mass is 388 g/mol. The molecule has 24 heavy (non-hydrogen) atoms. The van der Waals surface area contributed by atoms with Crippen LogP contribution in [0, 0.1) is 6.92 Å². The molecule has 6 heteroatoms. The predicted octanol–water partition coefficient (Wildman–Crippen LogP) is 4.51. The lowest BCUT2D eigenvalue weighted by Crippen LogP contribution is -2.11. The highest BCUT2D eigenvalue weighted by atomic mass is 79.9. The molecule has 0 saturated heterocycles. The maximum absolute atomic E-state index is 12.6. The Bertz CT molecular complexity index is 918. The second-order valence-corrected chi connectivity index (χ2v) is 6.23. The van der Waals surface area contributed by atoms with Crippen LogP contribution in [-0.2, 0) is 0 Å². The largest absolute Gasteiger partial charge is 0.493 e. The number of hydrogen-bond acceptors (Lipinski definition) is 3. The van der Waals surface area contributed by atoms with Gasteiger partial charge in [-0.1, -0.05) is 22.0 Å². The van der Waals surface area contributed by atoms with Gasteiger partial charge in [-0.3, -0.25) is 4.79 Å². The van der Waals surface area contributed by atoms with Crippen molar-refractivity contribution in [3.05, 3.63) is 52.1 Å². The van der Waals surface area contributed by atoms with Gasteiger partial charge in [-0.05, 0) is 30.7 Å². The zero-order valence-electron chi connectivity index (χ0n) is 13.6. The first-order valence-corrected chi connectivity index (χ1v) is 8.13. The van der Waals surface area contributed by atoms with Crippen LogP contribution in [-0.4, -0.2) is 25.1 Å². The van der Waals surface area contributed by atoms with Crippen LogP contribution in [0.25, 0.3) is 10.9 Å². The van der Waals surface area contributed by atoms with E-state index in [-0.39, 0.29) is 5.91 Å². The summed E-state index contributed by atoms with van der Waals surface area (Å²) in [5.41, 5.74) is 3.19. The summed E-state index contributed by atoms with van der Waals surface area (Å²) in [6, 6.07) is 9.31. The smallest absolute Gasteiger partial charge is 0.257 e. The number of fused-ring (bicyclic) bond motifs is 1. The number of methoxy groups -OCH3 is 2. The highest BCUT2D eigenvalue weighted by Gasteiger charge is 2.16. The molecule has 0 atom stereocenters. The Kier molecular flexibility index (Phi) is 4.49. The molecule has 0 saturated carbocycles. The Balaban J connectivity index is 1.96. The van der Waals surface area contributed by atoms with Crippen molar-refractivity contribution >= 4 is 38.4 Å². The molecule has 0 aliphatic carbocycles. The van der Waals surface area contributed by atoms with Gasteiger partial charge in [0.2, 0.25) is 0 Å². The third kappa shape index (κ3) is 2.97. The number of nitrogens with one attached hydrogen (secondary N) is 2. The van der Waals surface area contributed by atoms with E-state index in [1.165, 1.54) is 0 Å². The fourth-order valence-corrected chi connectivity index (χ4v) is 2.88. The zero-order valence-corrected chi connectivity index (χ0v) is 15.2. The second-order valence-electron chi connectivity index (χ2n) is 5.37. The highest BCUT2D eigenvalue weighted by molar-refractivity contribution is 9.10. The van der Waals surface area contributed by atoms with Crippen LogP contribution in [0.1, 0.15) is 15.9 Å². The number of H-pyrrole nitrogens is 1. The van der Waals surface area contributed by atoms with E-state index in [1.54, 1.807) is 26.5 Å². The number of carbonyl (C=O) groups excluding carboxylic acids is 1. The molecule has 1 amide bonds. The Morgan fingerprint density at radius 1 is 1.12 bits per heavy atom. The lowest BCUT2D eigenvalue weighted by molar-refractivity contribution is 0.102. The molecule has 124 valence electrons. The summed E-state index contributed by atoms with van der Waals surface area (Å²) in [6.45, 7) is 2.00. The van der Waals surface area contributed by atoms with Gasteiger partial charge >= 0.3 is 0 Å². The van der Waals surface area contributed by atoms with E-state index in [0.717, 1.165) is 26.6 Å². The summed E-state index contributed by atoms with van der Waals surface area (Å²) in [5.74, 6) is 1.00. The Hall–Kier alpha value is -2.47. The van der Waals surface area contributed by atoms with Crippen molar-refractivity contribution in [3.63, 3.8) is 0 Å². The number of carbonyl (C=O) groups is 1. The van der Waals surface area contributed by atoms with E-state index in [1.807, 2.05) is 31.2 Å². The summed E-state index contributed by atoms with van der Waals surface area (Å²) >= 11 is 3.47. The van der Waals surface area contributed by atoms with Gasteiger partial charge in [0, 0.05) is 27.8 Å². The number of halogens is 1. The van der Waals surface area contributed by atoms with Crippen LogP contribution in [0.5, 0.6) is 11.5 Å². The first kappa shape index (κ1) is 16.4. The number of ether oxygens (including phenoxy) is 2. The van der Waals surface area contributed by atoms with Crippen LogP contribution < -0.4 is 14.8 Å². The van der Waals surface area contributed by atoms with Crippen LogP contribution in [0.2, 0.25) is 0 Å². The topological polar surface area (TPSA) is 63.4 Å². The lowest BCUT2D eigenvalue weighted by atomic mass is 10.1. The Labute approximate surface area is 148 Å². The molecule has 0 aliphatic heterocycles. The predicted molar refractivity (Wildman–Crippen MR) is 98.2 cm³/mol. The molecule has 3 rings (SSSR count). The molecule has 2 aromatic carbocycles. The molecular weight excluding hydrogens is 372 g/mol. The molecule has 0 bridgehead atoms. The summed E-state index contributed by atoms with van der Waals surface area (Å²) in [4.78, 5) is 15.7. The zero-order chi connectivity index (χ0) is 17.3. The minimum absolute atomic E-state index is 0.191. The van der Waals surface area contributed by atoms with Crippen molar-refractivity contribution in [1.82, 2.24) is 4.98 Å². The van der Waals surface area contributed by atoms with Gasteiger partial charge in [-0.2, -0.15) is 0 Å². The lowest BCUT2D eigenvalue weighted by Gasteiger charge is -2.09. The number of amides is 1. The first-order chi connectivity index (χ1) is 11.5. The van der Waals surface area contributed by atoms with Crippen LogP contribution in [0.15, 0.2) is 41.0 Å². The average molecular weight is 389 g/mol. The maximum atomic E-state index is 12.6. The van der Waals surface area contributed by atoms with E-state index in [2.05, 4.69) is 26.2 Å². The molecule has 0 radical (unpaired) electrons. The molecule has 0 aliphatic rings. The van der Waals surface area contributed by atoms with Crippen LogP contribution in [0.3, 0.4) is 0 Å². The summed E-state index contributed by atoms with van der Waals surface area (Å²) in [6.07, 6.45) is 1.68. The standard InChI is InChI=1S/C18H17BrN2O3/c1-10-4-5-11(6-14(10)19)21-18(22)13-9-20-15-8-17(24-3)16(23-2)7-12(13)15/h4-9,20H,1-3H3,(H,21,22). The van der Waals surface area contributed by atoms with E-state index in [9.17, 15) is 4.79 Å². The fraction of sp³-hybridized carbons (Fsp3) is 0.167. The fourth-order valence-electron chi connectivity index (χ4n) is 2.51.